The number of hydrogen-bond donors (Lipinski definition) is 1. The number of aryl methyl sites for hydroxylation is 1. The van der Waals surface area contributed by atoms with Crippen molar-refractivity contribution >= 4 is 11.9 Å². The first-order chi connectivity index (χ1) is 9.08. The summed E-state index contributed by atoms with van der Waals surface area (Å²) in [5.74, 6) is -1.97. The molecule has 0 amide bonds. The van der Waals surface area contributed by atoms with Crippen molar-refractivity contribution in [1.29, 1.82) is 0 Å². The fourth-order valence-corrected chi connectivity index (χ4v) is 2.51. The number of carboxylic acid groups (broad SMARTS) is 1. The monoisotopic (exact) mass is 262 g/mol. The maximum atomic E-state index is 12.1. The van der Waals surface area contributed by atoms with Crippen molar-refractivity contribution in [2.24, 2.45) is 11.8 Å². The topological polar surface area (TPSA) is 63.6 Å². The molecule has 0 aliphatic heterocycles. The Kier molecular flexibility index (Phi) is 4.20. The number of rotatable bonds is 3. The van der Waals surface area contributed by atoms with Crippen molar-refractivity contribution in [1.82, 2.24) is 0 Å². The zero-order valence-corrected chi connectivity index (χ0v) is 11.0. The van der Waals surface area contributed by atoms with Gasteiger partial charge in [-0.05, 0) is 31.9 Å². The molecule has 2 atom stereocenters. The van der Waals surface area contributed by atoms with Crippen molar-refractivity contribution in [3.63, 3.8) is 0 Å². The van der Waals surface area contributed by atoms with E-state index in [1.807, 2.05) is 19.1 Å². The Bertz CT molecular complexity index is 464. The first-order valence-electron chi connectivity index (χ1n) is 6.59. The van der Waals surface area contributed by atoms with Crippen molar-refractivity contribution in [3.05, 3.63) is 29.8 Å². The molecular formula is C15H18O4. The molecule has 19 heavy (non-hydrogen) atoms. The Morgan fingerprint density at radius 2 is 1.68 bits per heavy atom. The lowest BCUT2D eigenvalue weighted by molar-refractivity contribution is -0.154. The summed E-state index contributed by atoms with van der Waals surface area (Å²) in [6.45, 7) is 1.95. The van der Waals surface area contributed by atoms with E-state index in [1.54, 1.807) is 12.1 Å². The van der Waals surface area contributed by atoms with E-state index < -0.39 is 23.8 Å². The number of carboxylic acids is 1. The molecule has 0 radical (unpaired) electrons. The fraction of sp³-hybridized carbons (Fsp3) is 0.467. The van der Waals surface area contributed by atoms with Crippen LogP contribution in [0.15, 0.2) is 24.3 Å². The molecule has 0 spiro atoms. The predicted molar refractivity (Wildman–Crippen MR) is 69.9 cm³/mol. The van der Waals surface area contributed by atoms with Gasteiger partial charge >= 0.3 is 11.9 Å². The molecule has 0 aromatic heterocycles. The lowest BCUT2D eigenvalue weighted by Gasteiger charge is -2.26. The van der Waals surface area contributed by atoms with Crippen LogP contribution in [0.2, 0.25) is 0 Å². The minimum absolute atomic E-state index is 0.420. The van der Waals surface area contributed by atoms with Crippen LogP contribution in [-0.2, 0) is 9.59 Å². The maximum Gasteiger partial charge on any atom is 0.315 e. The van der Waals surface area contributed by atoms with E-state index in [0.717, 1.165) is 18.4 Å². The van der Waals surface area contributed by atoms with Gasteiger partial charge in [0, 0.05) is 0 Å². The number of carbonyl (C=O) groups excluding carboxylic acids is 1. The molecule has 1 aromatic carbocycles. The van der Waals surface area contributed by atoms with Crippen LogP contribution in [-0.4, -0.2) is 17.0 Å². The number of esters is 1. The van der Waals surface area contributed by atoms with Gasteiger partial charge in [-0.1, -0.05) is 30.5 Å². The smallest absolute Gasteiger partial charge is 0.315 e. The highest BCUT2D eigenvalue weighted by atomic mass is 16.5. The van der Waals surface area contributed by atoms with Crippen molar-refractivity contribution in [2.45, 2.75) is 32.6 Å². The van der Waals surface area contributed by atoms with Gasteiger partial charge in [-0.25, -0.2) is 0 Å². The molecule has 2 unspecified atom stereocenters. The molecule has 1 saturated carbocycles. The quantitative estimate of drug-likeness (QED) is 0.672. The standard InChI is InChI=1S/C15H18O4/c1-10-6-8-11(9-7-10)19-15(18)13-5-3-2-4-12(13)14(16)17/h6-9,12-13H,2-5H2,1H3,(H,16,17). The molecule has 1 aromatic rings. The summed E-state index contributed by atoms with van der Waals surface area (Å²) in [5.41, 5.74) is 1.08. The Morgan fingerprint density at radius 3 is 2.26 bits per heavy atom. The van der Waals surface area contributed by atoms with Crippen LogP contribution in [0.1, 0.15) is 31.2 Å². The largest absolute Gasteiger partial charge is 0.481 e. The summed E-state index contributed by atoms with van der Waals surface area (Å²) in [6.07, 6.45) is 2.91. The summed E-state index contributed by atoms with van der Waals surface area (Å²) in [7, 11) is 0. The van der Waals surface area contributed by atoms with Gasteiger partial charge < -0.3 is 9.84 Å². The molecule has 1 aliphatic carbocycles. The van der Waals surface area contributed by atoms with Gasteiger partial charge in [0.05, 0.1) is 11.8 Å². The SMILES string of the molecule is Cc1ccc(OC(=O)C2CCCCC2C(=O)O)cc1. The van der Waals surface area contributed by atoms with Gasteiger partial charge in [0.2, 0.25) is 0 Å². The number of hydrogen-bond acceptors (Lipinski definition) is 3. The predicted octanol–water partition coefficient (Wildman–Crippen LogP) is 2.79. The molecule has 1 fully saturated rings. The number of benzene rings is 1. The van der Waals surface area contributed by atoms with Crippen LogP contribution < -0.4 is 4.74 Å². The highest BCUT2D eigenvalue weighted by Crippen LogP contribution is 2.31. The summed E-state index contributed by atoms with van der Waals surface area (Å²) in [5, 5.41) is 9.15. The van der Waals surface area contributed by atoms with Crippen LogP contribution in [0.25, 0.3) is 0 Å². The normalized spacial score (nSPS) is 22.8. The first kappa shape index (κ1) is 13.6. The highest BCUT2D eigenvalue weighted by molar-refractivity contribution is 5.82. The summed E-state index contributed by atoms with van der Waals surface area (Å²) in [4.78, 5) is 23.2. The summed E-state index contributed by atoms with van der Waals surface area (Å²) in [6, 6.07) is 7.17. The number of ether oxygens (including phenoxy) is 1. The van der Waals surface area contributed by atoms with Crippen LogP contribution in [0, 0.1) is 18.8 Å². The van der Waals surface area contributed by atoms with E-state index in [-0.39, 0.29) is 0 Å². The molecule has 0 heterocycles. The number of carbonyl (C=O) groups is 2. The third kappa shape index (κ3) is 3.34. The van der Waals surface area contributed by atoms with E-state index >= 15 is 0 Å². The molecule has 102 valence electrons. The maximum absolute atomic E-state index is 12.1. The molecule has 4 heteroatoms. The Morgan fingerprint density at radius 1 is 1.11 bits per heavy atom. The van der Waals surface area contributed by atoms with Crippen LogP contribution in [0.3, 0.4) is 0 Å². The molecule has 0 bridgehead atoms. The van der Waals surface area contributed by atoms with Crippen LogP contribution in [0.5, 0.6) is 5.75 Å². The third-order valence-electron chi connectivity index (χ3n) is 3.63. The van der Waals surface area contributed by atoms with Gasteiger partial charge in [0.15, 0.2) is 0 Å². The molecule has 0 saturated heterocycles. The summed E-state index contributed by atoms with van der Waals surface area (Å²) < 4.78 is 5.29. The van der Waals surface area contributed by atoms with E-state index in [0.29, 0.717) is 18.6 Å². The van der Waals surface area contributed by atoms with Gasteiger partial charge in [-0.2, -0.15) is 0 Å². The van der Waals surface area contributed by atoms with Crippen LogP contribution in [0.4, 0.5) is 0 Å². The molecule has 1 aliphatic rings. The fourth-order valence-electron chi connectivity index (χ4n) is 2.51. The molecule has 1 N–H and O–H groups in total. The average Bonchev–Trinajstić information content (AvgIpc) is 2.41. The zero-order valence-electron chi connectivity index (χ0n) is 11.0. The average molecular weight is 262 g/mol. The molecule has 4 nitrogen and oxygen atoms in total. The third-order valence-corrected chi connectivity index (χ3v) is 3.63. The first-order valence-corrected chi connectivity index (χ1v) is 6.59. The van der Waals surface area contributed by atoms with Gasteiger partial charge in [-0.15, -0.1) is 0 Å². The molecular weight excluding hydrogens is 244 g/mol. The van der Waals surface area contributed by atoms with E-state index in [1.165, 1.54) is 0 Å². The lowest BCUT2D eigenvalue weighted by Crippen LogP contribution is -2.35. The van der Waals surface area contributed by atoms with Gasteiger partial charge in [-0.3, -0.25) is 9.59 Å². The second-order valence-electron chi connectivity index (χ2n) is 5.07. The van der Waals surface area contributed by atoms with Gasteiger partial charge in [0.25, 0.3) is 0 Å². The van der Waals surface area contributed by atoms with Crippen molar-refractivity contribution < 1.29 is 19.4 Å². The molecule has 2 rings (SSSR count). The highest BCUT2D eigenvalue weighted by Gasteiger charge is 2.36. The van der Waals surface area contributed by atoms with Crippen molar-refractivity contribution in [3.8, 4) is 5.75 Å². The second kappa shape index (κ2) is 5.87. The Labute approximate surface area is 112 Å². The van der Waals surface area contributed by atoms with E-state index in [4.69, 9.17) is 9.84 Å². The van der Waals surface area contributed by atoms with Crippen molar-refractivity contribution in [2.75, 3.05) is 0 Å². The zero-order chi connectivity index (χ0) is 13.8. The minimum atomic E-state index is -0.898. The van der Waals surface area contributed by atoms with E-state index in [9.17, 15) is 9.59 Å². The minimum Gasteiger partial charge on any atom is -0.481 e. The lowest BCUT2D eigenvalue weighted by atomic mass is 9.79. The van der Waals surface area contributed by atoms with Crippen LogP contribution >= 0.6 is 0 Å². The Balaban J connectivity index is 2.05. The second-order valence-corrected chi connectivity index (χ2v) is 5.07. The Hall–Kier alpha value is -1.84. The van der Waals surface area contributed by atoms with Gasteiger partial charge in [0.1, 0.15) is 5.75 Å². The number of aliphatic carboxylic acids is 1. The van der Waals surface area contributed by atoms with E-state index in [2.05, 4.69) is 0 Å². The summed E-state index contributed by atoms with van der Waals surface area (Å²) >= 11 is 0.